The zero-order valence-corrected chi connectivity index (χ0v) is 9.26. The standard InChI is InChI=1S/C12H16N2O2/c15-11-6-9-2-1-3-10(7-11)14(9)8-12-4-5-13-16-12/h4-5,9-10H,1-3,6-8H2. The lowest BCUT2D eigenvalue weighted by molar-refractivity contribution is -0.127. The Bertz CT molecular complexity index is 358. The van der Waals surface area contributed by atoms with Crippen LogP contribution >= 0.6 is 0 Å². The second-order valence-corrected chi connectivity index (χ2v) is 4.84. The highest BCUT2D eigenvalue weighted by atomic mass is 16.5. The minimum Gasteiger partial charge on any atom is -0.360 e. The number of Topliss-reactive ketones (excluding diaryl/α,β-unsaturated/α-hetero) is 1. The van der Waals surface area contributed by atoms with Crippen LogP contribution in [0.4, 0.5) is 0 Å². The second kappa shape index (κ2) is 4.01. The van der Waals surface area contributed by atoms with Crippen molar-refractivity contribution in [1.29, 1.82) is 0 Å². The summed E-state index contributed by atoms with van der Waals surface area (Å²) < 4.78 is 5.15. The predicted octanol–water partition coefficient (Wildman–Crippen LogP) is 1.76. The van der Waals surface area contributed by atoms with Crippen molar-refractivity contribution in [3.63, 3.8) is 0 Å². The Morgan fingerprint density at radius 1 is 1.38 bits per heavy atom. The summed E-state index contributed by atoms with van der Waals surface area (Å²) in [7, 11) is 0. The predicted molar refractivity (Wildman–Crippen MR) is 57.7 cm³/mol. The van der Waals surface area contributed by atoms with Gasteiger partial charge in [-0.25, -0.2) is 0 Å². The van der Waals surface area contributed by atoms with Crippen LogP contribution in [-0.4, -0.2) is 27.9 Å². The molecule has 0 saturated carbocycles. The molecule has 2 saturated heterocycles. The van der Waals surface area contributed by atoms with E-state index in [0.717, 1.165) is 38.0 Å². The topological polar surface area (TPSA) is 46.3 Å². The molecule has 2 atom stereocenters. The normalized spacial score (nSPS) is 30.6. The zero-order valence-electron chi connectivity index (χ0n) is 9.26. The first-order valence-electron chi connectivity index (χ1n) is 6.00. The minimum atomic E-state index is 0.434. The van der Waals surface area contributed by atoms with Gasteiger partial charge in [0.1, 0.15) is 5.78 Å². The van der Waals surface area contributed by atoms with E-state index in [9.17, 15) is 4.79 Å². The molecule has 2 unspecified atom stereocenters. The summed E-state index contributed by atoms with van der Waals surface area (Å²) in [4.78, 5) is 14.0. The van der Waals surface area contributed by atoms with Gasteiger partial charge in [0.2, 0.25) is 0 Å². The molecule has 4 nitrogen and oxygen atoms in total. The molecule has 3 heterocycles. The minimum absolute atomic E-state index is 0.434. The van der Waals surface area contributed by atoms with E-state index >= 15 is 0 Å². The van der Waals surface area contributed by atoms with Gasteiger partial charge in [-0.3, -0.25) is 9.69 Å². The SMILES string of the molecule is O=C1CC2CCCC(C1)N2Cc1ccno1. The van der Waals surface area contributed by atoms with Gasteiger partial charge in [0, 0.05) is 31.0 Å². The molecule has 86 valence electrons. The van der Waals surface area contributed by atoms with Crippen molar-refractivity contribution < 1.29 is 9.32 Å². The molecule has 4 heteroatoms. The smallest absolute Gasteiger partial charge is 0.150 e. The van der Waals surface area contributed by atoms with Crippen LogP contribution < -0.4 is 0 Å². The van der Waals surface area contributed by atoms with Crippen LogP contribution in [0.2, 0.25) is 0 Å². The first-order chi connectivity index (χ1) is 7.83. The van der Waals surface area contributed by atoms with E-state index in [-0.39, 0.29) is 0 Å². The van der Waals surface area contributed by atoms with E-state index < -0.39 is 0 Å². The molecule has 1 aromatic rings. The Kier molecular flexibility index (Phi) is 2.52. The highest BCUT2D eigenvalue weighted by molar-refractivity contribution is 5.80. The lowest BCUT2D eigenvalue weighted by atomic mass is 9.84. The molecule has 0 radical (unpaired) electrons. The van der Waals surface area contributed by atoms with E-state index in [4.69, 9.17) is 4.52 Å². The van der Waals surface area contributed by atoms with Crippen LogP contribution in [0.15, 0.2) is 16.8 Å². The second-order valence-electron chi connectivity index (χ2n) is 4.84. The lowest BCUT2D eigenvalue weighted by Gasteiger charge is -2.44. The van der Waals surface area contributed by atoms with Crippen molar-refractivity contribution in [3.8, 4) is 0 Å². The fourth-order valence-corrected chi connectivity index (χ4v) is 3.03. The summed E-state index contributed by atoms with van der Waals surface area (Å²) in [5, 5.41) is 3.73. The van der Waals surface area contributed by atoms with Crippen LogP contribution in [0.1, 0.15) is 37.9 Å². The molecule has 3 rings (SSSR count). The van der Waals surface area contributed by atoms with Crippen molar-refractivity contribution in [2.45, 2.75) is 50.7 Å². The van der Waals surface area contributed by atoms with Gasteiger partial charge in [-0.2, -0.15) is 0 Å². The molecule has 0 aromatic carbocycles. The number of rotatable bonds is 2. The Balaban J connectivity index is 1.76. The number of aromatic nitrogens is 1. The Morgan fingerprint density at radius 3 is 2.75 bits per heavy atom. The number of hydrogen-bond donors (Lipinski definition) is 0. The maximum absolute atomic E-state index is 11.6. The molecule has 0 N–H and O–H groups in total. The number of fused-ring (bicyclic) bond motifs is 2. The first-order valence-corrected chi connectivity index (χ1v) is 6.00. The van der Waals surface area contributed by atoms with Crippen molar-refractivity contribution in [1.82, 2.24) is 10.1 Å². The average Bonchev–Trinajstić information content (AvgIpc) is 2.72. The van der Waals surface area contributed by atoms with E-state index in [1.807, 2.05) is 6.07 Å². The van der Waals surface area contributed by atoms with Crippen LogP contribution in [0, 0.1) is 0 Å². The van der Waals surface area contributed by atoms with Gasteiger partial charge < -0.3 is 4.52 Å². The molecule has 2 aliphatic rings. The number of piperidine rings is 2. The van der Waals surface area contributed by atoms with E-state index in [2.05, 4.69) is 10.1 Å². The third-order valence-electron chi connectivity index (χ3n) is 3.77. The molecule has 2 aliphatic heterocycles. The average molecular weight is 220 g/mol. The quantitative estimate of drug-likeness (QED) is 0.762. The van der Waals surface area contributed by atoms with Gasteiger partial charge >= 0.3 is 0 Å². The van der Waals surface area contributed by atoms with E-state index in [1.54, 1.807) is 6.20 Å². The van der Waals surface area contributed by atoms with Gasteiger partial charge in [-0.1, -0.05) is 11.6 Å². The molecular weight excluding hydrogens is 204 g/mol. The van der Waals surface area contributed by atoms with Crippen LogP contribution in [0.5, 0.6) is 0 Å². The van der Waals surface area contributed by atoms with Crippen molar-refractivity contribution >= 4 is 5.78 Å². The molecular formula is C12H16N2O2. The Hall–Kier alpha value is -1.16. The fourth-order valence-electron chi connectivity index (χ4n) is 3.03. The monoisotopic (exact) mass is 220 g/mol. The third-order valence-corrected chi connectivity index (χ3v) is 3.77. The summed E-state index contributed by atoms with van der Waals surface area (Å²) in [5.41, 5.74) is 0. The summed E-state index contributed by atoms with van der Waals surface area (Å²) in [6, 6.07) is 2.78. The summed E-state index contributed by atoms with van der Waals surface area (Å²) in [5.74, 6) is 1.34. The number of hydrogen-bond acceptors (Lipinski definition) is 4. The van der Waals surface area contributed by atoms with Crippen LogP contribution in [-0.2, 0) is 11.3 Å². The maximum Gasteiger partial charge on any atom is 0.150 e. The number of nitrogens with zero attached hydrogens (tertiary/aromatic N) is 2. The van der Waals surface area contributed by atoms with Gasteiger partial charge in [-0.15, -0.1) is 0 Å². The first kappa shape index (κ1) is 10.0. The number of ketones is 1. The van der Waals surface area contributed by atoms with E-state index in [1.165, 1.54) is 6.42 Å². The molecule has 1 aromatic heterocycles. The van der Waals surface area contributed by atoms with Crippen molar-refractivity contribution in [2.24, 2.45) is 0 Å². The van der Waals surface area contributed by atoms with Crippen LogP contribution in [0.3, 0.4) is 0 Å². The van der Waals surface area contributed by atoms with E-state index in [0.29, 0.717) is 17.9 Å². The fraction of sp³-hybridized carbons (Fsp3) is 0.667. The van der Waals surface area contributed by atoms with Gasteiger partial charge in [0.15, 0.2) is 5.76 Å². The van der Waals surface area contributed by atoms with Crippen molar-refractivity contribution in [3.05, 3.63) is 18.0 Å². The van der Waals surface area contributed by atoms with Gasteiger partial charge in [0.05, 0.1) is 12.7 Å². The highest BCUT2D eigenvalue weighted by Crippen LogP contribution is 2.33. The zero-order chi connectivity index (χ0) is 11.0. The molecule has 2 bridgehead atoms. The number of carbonyl (C=O) groups excluding carboxylic acids is 1. The molecule has 0 spiro atoms. The van der Waals surface area contributed by atoms with Crippen LogP contribution in [0.25, 0.3) is 0 Å². The molecule has 0 amide bonds. The maximum atomic E-state index is 11.6. The number of carbonyl (C=O) groups is 1. The molecule has 0 aliphatic carbocycles. The van der Waals surface area contributed by atoms with Gasteiger partial charge in [0.25, 0.3) is 0 Å². The third kappa shape index (κ3) is 1.78. The Morgan fingerprint density at radius 2 is 2.12 bits per heavy atom. The Labute approximate surface area is 94.6 Å². The molecule has 2 fully saturated rings. The summed E-state index contributed by atoms with van der Waals surface area (Å²) in [6.45, 7) is 0.808. The highest BCUT2D eigenvalue weighted by Gasteiger charge is 2.37. The summed E-state index contributed by atoms with van der Waals surface area (Å²) >= 11 is 0. The largest absolute Gasteiger partial charge is 0.360 e. The van der Waals surface area contributed by atoms with Gasteiger partial charge in [-0.05, 0) is 12.8 Å². The van der Waals surface area contributed by atoms with Crippen molar-refractivity contribution in [2.75, 3.05) is 0 Å². The molecule has 16 heavy (non-hydrogen) atoms. The summed E-state index contributed by atoms with van der Waals surface area (Å²) in [6.07, 6.45) is 6.69. The lowest BCUT2D eigenvalue weighted by Crippen LogP contribution is -2.51.